The fraction of sp³-hybridized carbons (Fsp3) is 0.750. The molecular formula is C8H16N2O3. The van der Waals surface area contributed by atoms with E-state index in [0.29, 0.717) is 13.2 Å². The van der Waals surface area contributed by atoms with E-state index in [0.717, 1.165) is 0 Å². The summed E-state index contributed by atoms with van der Waals surface area (Å²) < 4.78 is 4.61. The highest BCUT2D eigenvalue weighted by Crippen LogP contribution is 1.84. The van der Waals surface area contributed by atoms with E-state index in [1.807, 2.05) is 6.92 Å². The summed E-state index contributed by atoms with van der Waals surface area (Å²) in [6.45, 7) is 5.97. The van der Waals surface area contributed by atoms with Crippen molar-refractivity contribution < 1.29 is 14.3 Å². The predicted octanol–water partition coefficient (Wildman–Crippen LogP) is 0.257. The number of amides is 2. The molecule has 0 rings (SSSR count). The molecule has 0 fully saturated rings. The van der Waals surface area contributed by atoms with E-state index in [2.05, 4.69) is 15.4 Å². The third-order valence-electron chi connectivity index (χ3n) is 1.35. The van der Waals surface area contributed by atoms with Crippen molar-refractivity contribution >= 4 is 12.0 Å². The molecule has 0 saturated heterocycles. The second-order valence-corrected chi connectivity index (χ2v) is 2.48. The van der Waals surface area contributed by atoms with Gasteiger partial charge in [-0.3, -0.25) is 4.79 Å². The Morgan fingerprint density at radius 1 is 1.38 bits per heavy atom. The van der Waals surface area contributed by atoms with Crippen LogP contribution in [0.2, 0.25) is 0 Å². The van der Waals surface area contributed by atoms with Gasteiger partial charge in [-0.2, -0.15) is 0 Å². The van der Waals surface area contributed by atoms with Gasteiger partial charge in [0.05, 0.1) is 6.61 Å². The van der Waals surface area contributed by atoms with Gasteiger partial charge >= 0.3 is 6.09 Å². The summed E-state index contributed by atoms with van der Waals surface area (Å²) in [6.07, 6.45) is -0.568. The molecule has 76 valence electrons. The standard InChI is InChI=1S/C8H16N2O3/c1-4-9-7(11)6(3)10-8(12)13-5-2/h6H,4-5H2,1-3H3,(H,9,11)(H,10,12). The molecule has 0 aliphatic heterocycles. The fourth-order valence-corrected chi connectivity index (χ4v) is 0.742. The average molecular weight is 188 g/mol. The normalized spacial score (nSPS) is 11.6. The van der Waals surface area contributed by atoms with Gasteiger partial charge in [-0.1, -0.05) is 0 Å². The highest BCUT2D eigenvalue weighted by Gasteiger charge is 2.14. The van der Waals surface area contributed by atoms with E-state index < -0.39 is 12.1 Å². The number of ether oxygens (including phenoxy) is 1. The van der Waals surface area contributed by atoms with E-state index in [9.17, 15) is 9.59 Å². The van der Waals surface area contributed by atoms with Crippen molar-refractivity contribution in [2.45, 2.75) is 26.8 Å². The molecule has 13 heavy (non-hydrogen) atoms. The molecule has 0 bridgehead atoms. The summed E-state index contributed by atoms with van der Waals surface area (Å²) >= 11 is 0. The van der Waals surface area contributed by atoms with Crippen molar-refractivity contribution in [1.82, 2.24) is 10.6 Å². The number of hydrogen-bond acceptors (Lipinski definition) is 3. The third kappa shape index (κ3) is 5.05. The van der Waals surface area contributed by atoms with E-state index in [1.165, 1.54) is 0 Å². The molecule has 0 saturated carbocycles. The molecule has 0 radical (unpaired) electrons. The zero-order valence-corrected chi connectivity index (χ0v) is 8.22. The van der Waals surface area contributed by atoms with E-state index in [-0.39, 0.29) is 5.91 Å². The Labute approximate surface area is 77.8 Å². The number of carbonyl (C=O) groups is 2. The molecule has 0 aromatic rings. The highest BCUT2D eigenvalue weighted by atomic mass is 16.5. The smallest absolute Gasteiger partial charge is 0.407 e. The van der Waals surface area contributed by atoms with Crippen LogP contribution in [0, 0.1) is 0 Å². The largest absolute Gasteiger partial charge is 0.450 e. The highest BCUT2D eigenvalue weighted by molar-refractivity contribution is 5.85. The monoisotopic (exact) mass is 188 g/mol. The maximum Gasteiger partial charge on any atom is 0.407 e. The summed E-state index contributed by atoms with van der Waals surface area (Å²) in [5, 5.41) is 4.98. The number of nitrogens with one attached hydrogen (secondary N) is 2. The molecule has 1 atom stereocenters. The minimum Gasteiger partial charge on any atom is -0.450 e. The minimum atomic E-state index is -0.568. The van der Waals surface area contributed by atoms with Crippen LogP contribution in [-0.2, 0) is 9.53 Å². The summed E-state index contributed by atoms with van der Waals surface area (Å²) in [5.41, 5.74) is 0. The first kappa shape index (κ1) is 11.7. The van der Waals surface area contributed by atoms with Crippen LogP contribution in [0.4, 0.5) is 4.79 Å². The van der Waals surface area contributed by atoms with Crippen molar-refractivity contribution in [2.24, 2.45) is 0 Å². The van der Waals surface area contributed by atoms with Crippen LogP contribution in [0.3, 0.4) is 0 Å². The van der Waals surface area contributed by atoms with E-state index in [4.69, 9.17) is 0 Å². The van der Waals surface area contributed by atoms with Gasteiger partial charge in [-0.25, -0.2) is 4.79 Å². The van der Waals surface area contributed by atoms with Gasteiger partial charge < -0.3 is 15.4 Å². The Kier molecular flexibility index (Phi) is 5.67. The van der Waals surface area contributed by atoms with Gasteiger partial charge in [0, 0.05) is 6.54 Å². The van der Waals surface area contributed by atoms with E-state index >= 15 is 0 Å². The van der Waals surface area contributed by atoms with Gasteiger partial charge in [0.15, 0.2) is 0 Å². The summed E-state index contributed by atoms with van der Waals surface area (Å²) in [4.78, 5) is 22.0. The first-order valence-electron chi connectivity index (χ1n) is 4.32. The number of likely N-dealkylation sites (N-methyl/N-ethyl adjacent to an activating group) is 1. The topological polar surface area (TPSA) is 67.4 Å². The predicted molar refractivity (Wildman–Crippen MR) is 48.3 cm³/mol. The van der Waals surface area contributed by atoms with Crippen LogP contribution >= 0.6 is 0 Å². The van der Waals surface area contributed by atoms with Crippen LogP contribution < -0.4 is 10.6 Å². The molecule has 5 nitrogen and oxygen atoms in total. The zero-order valence-electron chi connectivity index (χ0n) is 8.22. The van der Waals surface area contributed by atoms with Gasteiger partial charge in [-0.05, 0) is 20.8 Å². The molecular weight excluding hydrogens is 172 g/mol. The Morgan fingerprint density at radius 3 is 2.46 bits per heavy atom. The Hall–Kier alpha value is -1.26. The van der Waals surface area contributed by atoms with Gasteiger partial charge in [-0.15, -0.1) is 0 Å². The lowest BCUT2D eigenvalue weighted by Crippen LogP contribution is -2.44. The molecule has 0 heterocycles. The first-order valence-corrected chi connectivity index (χ1v) is 4.32. The van der Waals surface area contributed by atoms with Crippen LogP contribution in [0.15, 0.2) is 0 Å². The number of carbonyl (C=O) groups excluding carboxylic acids is 2. The van der Waals surface area contributed by atoms with Crippen molar-refractivity contribution in [3.8, 4) is 0 Å². The minimum absolute atomic E-state index is 0.212. The fourth-order valence-electron chi connectivity index (χ4n) is 0.742. The third-order valence-corrected chi connectivity index (χ3v) is 1.35. The molecule has 0 aromatic heterocycles. The molecule has 0 aliphatic rings. The molecule has 0 aliphatic carbocycles. The molecule has 2 N–H and O–H groups in total. The summed E-state index contributed by atoms with van der Waals surface area (Å²) in [5.74, 6) is -0.212. The lowest BCUT2D eigenvalue weighted by Gasteiger charge is -2.12. The molecule has 0 aromatic carbocycles. The lowest BCUT2D eigenvalue weighted by atomic mass is 10.3. The van der Waals surface area contributed by atoms with Crippen molar-refractivity contribution in [3.63, 3.8) is 0 Å². The quantitative estimate of drug-likeness (QED) is 0.665. The molecule has 1 unspecified atom stereocenters. The van der Waals surface area contributed by atoms with Crippen LogP contribution in [0.1, 0.15) is 20.8 Å². The van der Waals surface area contributed by atoms with Crippen molar-refractivity contribution in [2.75, 3.05) is 13.2 Å². The number of hydrogen-bond donors (Lipinski definition) is 2. The summed E-state index contributed by atoms with van der Waals surface area (Å²) in [6, 6.07) is -0.556. The van der Waals surface area contributed by atoms with Gasteiger partial charge in [0.1, 0.15) is 6.04 Å². The van der Waals surface area contributed by atoms with E-state index in [1.54, 1.807) is 13.8 Å². The lowest BCUT2D eigenvalue weighted by molar-refractivity contribution is -0.122. The van der Waals surface area contributed by atoms with Gasteiger partial charge in [0.25, 0.3) is 0 Å². The SMILES string of the molecule is CCNC(=O)C(C)NC(=O)OCC. The van der Waals surface area contributed by atoms with Crippen LogP contribution in [0.25, 0.3) is 0 Å². The Balaban J connectivity index is 3.78. The first-order chi connectivity index (χ1) is 6.11. The zero-order chi connectivity index (χ0) is 10.3. The second-order valence-electron chi connectivity index (χ2n) is 2.48. The molecule has 2 amide bonds. The Morgan fingerprint density at radius 2 is 2.00 bits per heavy atom. The second kappa shape index (κ2) is 6.28. The maximum absolute atomic E-state index is 11.1. The van der Waals surface area contributed by atoms with Crippen LogP contribution in [0.5, 0.6) is 0 Å². The summed E-state index contributed by atoms with van der Waals surface area (Å²) in [7, 11) is 0. The van der Waals surface area contributed by atoms with Crippen molar-refractivity contribution in [3.05, 3.63) is 0 Å². The number of alkyl carbamates (subject to hydrolysis) is 1. The average Bonchev–Trinajstić information content (AvgIpc) is 2.05. The van der Waals surface area contributed by atoms with Gasteiger partial charge in [0.2, 0.25) is 5.91 Å². The number of rotatable bonds is 4. The maximum atomic E-state index is 11.1. The Bertz CT molecular complexity index is 182. The van der Waals surface area contributed by atoms with Crippen molar-refractivity contribution in [1.29, 1.82) is 0 Å². The molecule has 5 heteroatoms. The molecule has 0 spiro atoms. The van der Waals surface area contributed by atoms with Crippen LogP contribution in [-0.4, -0.2) is 31.2 Å².